The maximum Gasteiger partial charge on any atom is 0.264 e. The van der Waals surface area contributed by atoms with Crippen molar-refractivity contribution in [2.24, 2.45) is 0 Å². The molecule has 0 atom stereocenters. The van der Waals surface area contributed by atoms with Crippen LogP contribution in [0.15, 0.2) is 94.5 Å². The number of nitrogens with zero attached hydrogens (tertiary/aromatic N) is 6. The highest BCUT2D eigenvalue weighted by Gasteiger charge is 2.19. The molecule has 8 nitrogen and oxygen atoms in total. The Morgan fingerprint density at radius 1 is 0.580 bits per heavy atom. The van der Waals surface area contributed by atoms with E-state index in [1.54, 1.807) is 39.1 Å². The zero-order chi connectivity index (χ0) is 34.6. The Labute approximate surface area is 284 Å². The van der Waals surface area contributed by atoms with Crippen molar-refractivity contribution in [3.63, 3.8) is 0 Å². The van der Waals surface area contributed by atoms with Gasteiger partial charge in [0.25, 0.3) is 11.1 Å². The highest BCUT2D eigenvalue weighted by atomic mass is 16.1. The Morgan fingerprint density at radius 3 is 1.60 bits per heavy atom. The quantitative estimate of drug-likeness (QED) is 0.153. The average molecular weight is 647 g/mol. The number of pyridine rings is 2. The standard InChI is InChI=1S/2C21H13N3O/c1-11-4-7-14-19-15(8-5-12(2)18(11)19)21(25)24-17-10-13(22-3)6-9-16(17)23-20(14)24;1-11-3-6-14-19-15(7-4-12(2)18(11)19)21(25)24-17-8-5-13(10-22)9-16(17)23-20(14)24/h4-10H,1-2H3;3-9H,1-2H3. The van der Waals surface area contributed by atoms with Crippen LogP contribution in [0.25, 0.3) is 81.3 Å². The molecule has 6 aromatic carbocycles. The number of hydrogen-bond acceptors (Lipinski definition) is 5. The Hall–Kier alpha value is -6.90. The Balaban J connectivity index is 0.000000135. The van der Waals surface area contributed by atoms with Crippen molar-refractivity contribution in [1.82, 2.24) is 18.8 Å². The van der Waals surface area contributed by atoms with Gasteiger partial charge in [0.2, 0.25) is 0 Å². The number of hydrogen-bond donors (Lipinski definition) is 0. The van der Waals surface area contributed by atoms with Gasteiger partial charge in [-0.3, -0.25) is 18.4 Å². The second kappa shape index (κ2) is 10.3. The topological polar surface area (TPSA) is 96.9 Å². The maximum atomic E-state index is 13.2. The summed E-state index contributed by atoms with van der Waals surface area (Å²) in [6.45, 7) is 15.5. The number of nitriles is 1. The van der Waals surface area contributed by atoms with Gasteiger partial charge >= 0.3 is 0 Å². The van der Waals surface area contributed by atoms with Gasteiger partial charge in [-0.1, -0.05) is 42.5 Å². The fraction of sp³-hybridized carbons (Fsp3) is 0.0952. The highest BCUT2D eigenvalue weighted by Crippen LogP contribution is 2.35. The van der Waals surface area contributed by atoms with Crippen molar-refractivity contribution in [2.45, 2.75) is 27.7 Å². The SMILES string of the molecule is Cc1ccc2c(=O)n3c4ccc(C#N)cc4nc3c3ccc(C)c1c23.[C-]#[N+]c1ccc2nc3c4ccc(C)c5c(C)ccc(c(=O)n3c2c1)c54. The summed E-state index contributed by atoms with van der Waals surface area (Å²) in [6, 6.07) is 28.7. The Kier molecular flexibility index (Phi) is 6.03. The molecule has 0 amide bonds. The number of imidazole rings is 2. The first-order valence-electron chi connectivity index (χ1n) is 16.2. The molecule has 0 aliphatic carbocycles. The number of aromatic nitrogens is 4. The summed E-state index contributed by atoms with van der Waals surface area (Å²) >= 11 is 0. The molecule has 0 spiro atoms. The van der Waals surface area contributed by atoms with Crippen LogP contribution in [0.4, 0.5) is 5.69 Å². The van der Waals surface area contributed by atoms with E-state index in [0.717, 1.165) is 65.6 Å². The van der Waals surface area contributed by atoms with Crippen LogP contribution >= 0.6 is 0 Å². The third-order valence-corrected chi connectivity index (χ3v) is 10.1. The molecule has 50 heavy (non-hydrogen) atoms. The summed E-state index contributed by atoms with van der Waals surface area (Å²) in [4.78, 5) is 39.3. The van der Waals surface area contributed by atoms with Crippen molar-refractivity contribution in [3.8, 4) is 6.07 Å². The minimum atomic E-state index is -0.0808. The lowest BCUT2D eigenvalue weighted by Crippen LogP contribution is -2.13. The fourth-order valence-electron chi connectivity index (χ4n) is 7.77. The molecular formula is C42H26N6O2. The first kappa shape index (κ1) is 29.3. The summed E-state index contributed by atoms with van der Waals surface area (Å²) in [6.07, 6.45) is 0. The van der Waals surface area contributed by atoms with Gasteiger partial charge in [0.05, 0.1) is 40.3 Å². The maximum absolute atomic E-state index is 13.2. The second-order valence-electron chi connectivity index (χ2n) is 13.0. The minimum absolute atomic E-state index is 0.0645. The molecule has 4 aromatic heterocycles. The van der Waals surface area contributed by atoms with Gasteiger partial charge in [0.15, 0.2) is 5.69 Å². The Bertz CT molecular complexity index is 3250. The first-order chi connectivity index (χ1) is 24.2. The fourth-order valence-corrected chi connectivity index (χ4v) is 7.77. The van der Waals surface area contributed by atoms with Crippen LogP contribution in [0.1, 0.15) is 27.8 Å². The van der Waals surface area contributed by atoms with E-state index in [1.165, 1.54) is 0 Å². The van der Waals surface area contributed by atoms with Crippen LogP contribution in [-0.4, -0.2) is 18.8 Å². The summed E-state index contributed by atoms with van der Waals surface area (Å²) in [5, 5.41) is 16.7. The van der Waals surface area contributed by atoms with E-state index in [9.17, 15) is 9.59 Å². The predicted octanol–water partition coefficient (Wildman–Crippen LogP) is 8.84. The molecular weight excluding hydrogens is 621 g/mol. The van der Waals surface area contributed by atoms with E-state index >= 15 is 0 Å². The average Bonchev–Trinajstić information content (AvgIpc) is 3.70. The molecule has 0 aliphatic rings. The monoisotopic (exact) mass is 646 g/mol. The van der Waals surface area contributed by atoms with Crippen molar-refractivity contribution < 1.29 is 0 Å². The summed E-state index contributed by atoms with van der Waals surface area (Å²) in [5.41, 5.74) is 9.66. The molecule has 0 aliphatic heterocycles. The number of aryl methyl sites for hydroxylation is 4. The van der Waals surface area contributed by atoms with Gasteiger partial charge in [0, 0.05) is 32.3 Å². The molecule has 10 rings (SSSR count). The molecule has 0 saturated heterocycles. The van der Waals surface area contributed by atoms with Crippen molar-refractivity contribution >= 4 is 82.1 Å². The van der Waals surface area contributed by atoms with Crippen molar-refractivity contribution in [3.05, 3.63) is 145 Å². The molecule has 8 heteroatoms. The van der Waals surface area contributed by atoms with Crippen LogP contribution in [0.5, 0.6) is 0 Å². The summed E-state index contributed by atoms with van der Waals surface area (Å²) < 4.78 is 3.31. The van der Waals surface area contributed by atoms with Gasteiger partial charge in [-0.05, 0) is 103 Å². The number of benzene rings is 6. The smallest absolute Gasteiger partial charge is 0.264 e. The summed E-state index contributed by atoms with van der Waals surface area (Å²) in [7, 11) is 0. The van der Waals surface area contributed by atoms with Crippen LogP contribution in [0.3, 0.4) is 0 Å². The molecule has 236 valence electrons. The van der Waals surface area contributed by atoms with E-state index in [-0.39, 0.29) is 11.1 Å². The van der Waals surface area contributed by atoms with Gasteiger partial charge in [0.1, 0.15) is 11.3 Å². The largest absolute Gasteiger partial charge is 0.268 e. The molecule has 0 fully saturated rings. The first-order valence-corrected chi connectivity index (χ1v) is 16.2. The highest BCUT2D eigenvalue weighted by molar-refractivity contribution is 6.18. The number of rotatable bonds is 0. The zero-order valence-electron chi connectivity index (χ0n) is 27.6. The van der Waals surface area contributed by atoms with E-state index < -0.39 is 0 Å². The van der Waals surface area contributed by atoms with Gasteiger partial charge in [-0.15, -0.1) is 0 Å². The third-order valence-electron chi connectivity index (χ3n) is 10.1. The van der Waals surface area contributed by atoms with E-state index in [1.807, 2.05) is 42.5 Å². The Morgan fingerprint density at radius 2 is 1.08 bits per heavy atom. The van der Waals surface area contributed by atoms with Crippen molar-refractivity contribution in [2.75, 3.05) is 0 Å². The molecule has 0 bridgehead atoms. The van der Waals surface area contributed by atoms with Crippen LogP contribution < -0.4 is 11.1 Å². The lowest BCUT2D eigenvalue weighted by Gasteiger charge is -2.11. The van der Waals surface area contributed by atoms with Gasteiger partial charge in [-0.25, -0.2) is 14.8 Å². The van der Waals surface area contributed by atoms with E-state index in [0.29, 0.717) is 44.4 Å². The van der Waals surface area contributed by atoms with Gasteiger partial charge in [-0.2, -0.15) is 5.26 Å². The van der Waals surface area contributed by atoms with Gasteiger partial charge < -0.3 is 0 Å². The molecule has 0 radical (unpaired) electrons. The normalized spacial score (nSPS) is 11.7. The molecule has 0 N–H and O–H groups in total. The van der Waals surface area contributed by atoms with Crippen LogP contribution in [0.2, 0.25) is 0 Å². The molecule has 4 heterocycles. The van der Waals surface area contributed by atoms with E-state index in [4.69, 9.17) is 16.8 Å². The lowest BCUT2D eigenvalue weighted by atomic mass is 9.95. The van der Waals surface area contributed by atoms with Crippen molar-refractivity contribution in [1.29, 1.82) is 5.26 Å². The van der Waals surface area contributed by atoms with Crippen LogP contribution in [-0.2, 0) is 0 Å². The number of fused-ring (bicyclic) bond motifs is 8. The third kappa shape index (κ3) is 3.85. The predicted molar refractivity (Wildman–Crippen MR) is 200 cm³/mol. The van der Waals surface area contributed by atoms with E-state index in [2.05, 4.69) is 55.7 Å². The van der Waals surface area contributed by atoms with Crippen LogP contribution in [0, 0.1) is 45.6 Å². The molecule has 0 saturated carbocycles. The minimum Gasteiger partial charge on any atom is -0.268 e. The lowest BCUT2D eigenvalue weighted by molar-refractivity contribution is 1.19. The zero-order valence-corrected chi connectivity index (χ0v) is 27.6. The molecule has 0 unspecified atom stereocenters. The summed E-state index contributed by atoms with van der Waals surface area (Å²) in [5.74, 6) is 0. The second-order valence-corrected chi connectivity index (χ2v) is 13.0. The molecule has 10 aromatic rings.